The molecular formula is C42H52N8O7. The molecule has 57 heavy (non-hydrogen) atoms. The Morgan fingerprint density at radius 1 is 0.772 bits per heavy atom. The Hall–Kier alpha value is -5.83. The molecule has 0 aliphatic carbocycles. The van der Waals surface area contributed by atoms with Crippen LogP contribution >= 0.6 is 0 Å². The lowest BCUT2D eigenvalue weighted by atomic mass is 9.99. The summed E-state index contributed by atoms with van der Waals surface area (Å²) in [5.74, 6) is 0.266. The molecule has 15 heteroatoms. The Morgan fingerprint density at radius 3 is 2.09 bits per heavy atom. The number of rotatable bonds is 11. The van der Waals surface area contributed by atoms with Gasteiger partial charge in [0.25, 0.3) is 0 Å². The lowest BCUT2D eigenvalue weighted by Gasteiger charge is -2.34. The van der Waals surface area contributed by atoms with Crippen molar-refractivity contribution in [1.82, 2.24) is 41.0 Å². The van der Waals surface area contributed by atoms with E-state index in [1.54, 1.807) is 11.8 Å². The number of alkyl carbamates (subject to hydrolysis) is 2. The maximum Gasteiger partial charge on any atom is 0.407 e. The lowest BCUT2D eigenvalue weighted by molar-refractivity contribution is -0.137. The Kier molecular flexibility index (Phi) is 11.6. The number of aromatic amines is 1. The summed E-state index contributed by atoms with van der Waals surface area (Å²) < 4.78 is 15.0. The molecule has 0 radical (unpaired) electrons. The highest BCUT2D eigenvalue weighted by atomic mass is 16.5. The molecule has 3 aliphatic rings. The zero-order valence-corrected chi connectivity index (χ0v) is 33.3. The molecule has 3 aromatic carbocycles. The monoisotopic (exact) mass is 780 g/mol. The molecular weight excluding hydrogens is 729 g/mol. The zero-order chi connectivity index (χ0) is 40.4. The van der Waals surface area contributed by atoms with Crippen LogP contribution in [-0.2, 0) is 23.8 Å². The van der Waals surface area contributed by atoms with E-state index in [0.29, 0.717) is 18.9 Å². The van der Waals surface area contributed by atoms with Crippen LogP contribution in [0.3, 0.4) is 0 Å². The van der Waals surface area contributed by atoms with Crippen LogP contribution in [0.25, 0.3) is 38.6 Å². The molecule has 4 amide bonds. The largest absolute Gasteiger partial charge is 0.453 e. The van der Waals surface area contributed by atoms with Crippen molar-refractivity contribution in [3.8, 4) is 11.1 Å². The van der Waals surface area contributed by atoms with Crippen LogP contribution in [0.5, 0.6) is 0 Å². The fourth-order valence-electron chi connectivity index (χ4n) is 8.24. The molecule has 2 saturated heterocycles. The lowest BCUT2D eigenvalue weighted by Crippen LogP contribution is -2.57. The van der Waals surface area contributed by atoms with Gasteiger partial charge in [0, 0.05) is 26.4 Å². The number of likely N-dealkylation sites (tertiary alicyclic amines) is 2. The number of nitrogens with one attached hydrogen (secondary N) is 5. The first kappa shape index (κ1) is 39.4. The van der Waals surface area contributed by atoms with E-state index in [0.717, 1.165) is 69.9 Å². The maximum absolute atomic E-state index is 13.7. The molecule has 7 rings (SSSR count). The van der Waals surface area contributed by atoms with Gasteiger partial charge in [0.05, 0.1) is 49.1 Å². The van der Waals surface area contributed by atoms with Crippen LogP contribution in [0.1, 0.15) is 63.9 Å². The van der Waals surface area contributed by atoms with Gasteiger partial charge < -0.3 is 50.3 Å². The van der Waals surface area contributed by atoms with E-state index in [1.807, 2.05) is 31.0 Å². The molecule has 3 aliphatic heterocycles. The van der Waals surface area contributed by atoms with Gasteiger partial charge in [0.2, 0.25) is 11.8 Å². The first-order valence-electron chi connectivity index (χ1n) is 19.6. The van der Waals surface area contributed by atoms with Crippen molar-refractivity contribution in [2.45, 2.75) is 82.9 Å². The summed E-state index contributed by atoms with van der Waals surface area (Å²) in [6, 6.07) is 17.0. The van der Waals surface area contributed by atoms with Gasteiger partial charge in [-0.15, -0.1) is 0 Å². The number of fused-ring (bicyclic) bond motifs is 2. The van der Waals surface area contributed by atoms with Crippen molar-refractivity contribution in [2.24, 2.45) is 5.92 Å². The molecule has 1 unspecified atom stereocenters. The predicted octanol–water partition coefficient (Wildman–Crippen LogP) is 5.00. The minimum Gasteiger partial charge on any atom is -0.453 e. The van der Waals surface area contributed by atoms with Crippen LogP contribution in [0.15, 0.2) is 60.8 Å². The van der Waals surface area contributed by atoms with E-state index < -0.39 is 30.4 Å². The second-order valence-corrected chi connectivity index (χ2v) is 15.3. The first-order valence-corrected chi connectivity index (χ1v) is 19.6. The highest BCUT2D eigenvalue weighted by molar-refractivity contribution is 5.92. The molecule has 6 atom stereocenters. The smallest absolute Gasteiger partial charge is 0.407 e. The third-order valence-electron chi connectivity index (χ3n) is 11.5. The van der Waals surface area contributed by atoms with E-state index in [4.69, 9.17) is 19.2 Å². The van der Waals surface area contributed by atoms with Gasteiger partial charge in [0.15, 0.2) is 0 Å². The van der Waals surface area contributed by atoms with Crippen molar-refractivity contribution >= 4 is 51.5 Å². The second kappa shape index (κ2) is 16.7. The number of imidazole rings is 1. The Bertz CT molecular complexity index is 2190. The standard InChI is InChI=1S/C42H52N8O7/c1-23(2)35(47-41(53)56-5)39(51)49-17-7-9-33(49)37-43-22-32(46-37)29-14-13-25-19-26(11-12-27(25)20-29)28-15-16-30-31(21-28)45-38(44-30)34-10-8-18-50(34)40(52)36(24(3)55-4)48-42(54)57-6/h11-16,19-24,33-37,43,46H,7-10,17-18H2,1-6H3,(H,44,45)(H,47,53)(H,48,54)/t24-,33+,34+,35+,36+,37?/m1/s1. The Labute approximate surface area is 331 Å². The molecule has 0 saturated carbocycles. The van der Waals surface area contributed by atoms with Gasteiger partial charge in [-0.05, 0) is 90.3 Å². The van der Waals surface area contributed by atoms with Crippen LogP contribution in [0, 0.1) is 5.92 Å². The van der Waals surface area contributed by atoms with Crippen molar-refractivity contribution in [3.63, 3.8) is 0 Å². The van der Waals surface area contributed by atoms with Gasteiger partial charge in [-0.25, -0.2) is 14.6 Å². The summed E-state index contributed by atoms with van der Waals surface area (Å²) in [5.41, 5.74) is 5.75. The maximum atomic E-state index is 13.7. The summed E-state index contributed by atoms with van der Waals surface area (Å²) >= 11 is 0. The van der Waals surface area contributed by atoms with E-state index in [1.165, 1.54) is 21.3 Å². The molecule has 4 heterocycles. The van der Waals surface area contributed by atoms with E-state index in [2.05, 4.69) is 74.8 Å². The zero-order valence-electron chi connectivity index (χ0n) is 33.3. The van der Waals surface area contributed by atoms with E-state index >= 15 is 0 Å². The topological polar surface area (TPSA) is 179 Å². The number of methoxy groups -OCH3 is 3. The van der Waals surface area contributed by atoms with Crippen molar-refractivity contribution in [2.75, 3.05) is 34.4 Å². The van der Waals surface area contributed by atoms with E-state index in [-0.39, 0.29) is 36.0 Å². The molecule has 4 aromatic rings. The average Bonchev–Trinajstić information content (AvgIpc) is 4.06. The van der Waals surface area contributed by atoms with Crippen LogP contribution in [-0.4, -0.2) is 109 Å². The highest BCUT2D eigenvalue weighted by Gasteiger charge is 2.41. The quantitative estimate of drug-likeness (QED) is 0.139. The predicted molar refractivity (Wildman–Crippen MR) is 215 cm³/mol. The van der Waals surface area contributed by atoms with Crippen LogP contribution in [0.4, 0.5) is 9.59 Å². The van der Waals surface area contributed by atoms with Gasteiger partial charge in [-0.2, -0.15) is 0 Å². The van der Waals surface area contributed by atoms with Crippen molar-refractivity contribution in [3.05, 3.63) is 72.2 Å². The van der Waals surface area contributed by atoms with Crippen LogP contribution < -0.4 is 21.3 Å². The number of aromatic nitrogens is 2. The molecule has 15 nitrogen and oxygen atoms in total. The number of nitrogens with zero attached hydrogens (tertiary/aromatic N) is 3. The molecule has 0 bridgehead atoms. The first-order chi connectivity index (χ1) is 27.5. The number of hydrogen-bond acceptors (Lipinski definition) is 10. The van der Waals surface area contributed by atoms with Crippen molar-refractivity contribution < 1.29 is 33.4 Å². The number of amides is 4. The van der Waals surface area contributed by atoms with Gasteiger partial charge in [-0.1, -0.05) is 44.2 Å². The summed E-state index contributed by atoms with van der Waals surface area (Å²) in [6.45, 7) is 6.74. The van der Waals surface area contributed by atoms with Gasteiger partial charge >= 0.3 is 12.2 Å². The second-order valence-electron chi connectivity index (χ2n) is 15.3. The fraction of sp³-hybridized carbons (Fsp3) is 0.452. The Balaban J connectivity index is 1.04. The number of H-pyrrole nitrogens is 1. The summed E-state index contributed by atoms with van der Waals surface area (Å²) in [6.07, 6.45) is 3.23. The number of carbonyl (C=O) groups excluding carboxylic acids is 4. The summed E-state index contributed by atoms with van der Waals surface area (Å²) in [7, 11) is 4.06. The molecule has 5 N–H and O–H groups in total. The number of benzene rings is 3. The van der Waals surface area contributed by atoms with Gasteiger partial charge in [-0.3, -0.25) is 9.59 Å². The van der Waals surface area contributed by atoms with Crippen molar-refractivity contribution in [1.29, 1.82) is 0 Å². The van der Waals surface area contributed by atoms with E-state index in [9.17, 15) is 19.2 Å². The number of ether oxygens (including phenoxy) is 3. The molecule has 2 fully saturated rings. The number of hydrogen-bond donors (Lipinski definition) is 5. The molecule has 302 valence electrons. The van der Waals surface area contributed by atoms with Gasteiger partial charge in [0.1, 0.15) is 24.1 Å². The summed E-state index contributed by atoms with van der Waals surface area (Å²) in [4.78, 5) is 63.4. The Morgan fingerprint density at radius 2 is 1.39 bits per heavy atom. The highest BCUT2D eigenvalue weighted by Crippen LogP contribution is 2.34. The fourth-order valence-corrected chi connectivity index (χ4v) is 8.24. The summed E-state index contributed by atoms with van der Waals surface area (Å²) in [5, 5.41) is 14.6. The number of carbonyl (C=O) groups is 4. The van der Waals surface area contributed by atoms with Crippen LogP contribution in [0.2, 0.25) is 0 Å². The minimum absolute atomic E-state index is 0.0785. The third-order valence-corrected chi connectivity index (χ3v) is 11.5. The minimum atomic E-state index is -0.898. The average molecular weight is 781 g/mol. The molecule has 0 spiro atoms. The third kappa shape index (κ3) is 8.06. The SMILES string of the molecule is COC(=O)N[C@H](C(=O)N1CCC[C@H]1C1NC=C(c2ccc3cc(-c4ccc5nc([C@@H]6CCCN6C(=O)[C@@H](NC(=O)OC)[C@@H](C)OC)[nH]c5c4)ccc3c2)N1)C(C)C. The molecule has 1 aromatic heterocycles. The normalized spacial score (nSPS) is 20.8.